The number of benzene rings is 1. The van der Waals surface area contributed by atoms with Crippen molar-refractivity contribution < 1.29 is 4.74 Å². The molecule has 0 fully saturated rings. The van der Waals surface area contributed by atoms with Crippen molar-refractivity contribution in [2.75, 3.05) is 6.61 Å². The molecule has 1 rings (SSSR count). The molecule has 0 aliphatic rings. The molecule has 1 N–H and O–H groups in total. The Morgan fingerprint density at radius 1 is 1.42 bits per heavy atom. The van der Waals surface area contributed by atoms with Crippen molar-refractivity contribution in [2.45, 2.75) is 6.92 Å². The minimum absolute atomic E-state index is 0.457. The van der Waals surface area contributed by atoms with Gasteiger partial charge in [0.2, 0.25) is 0 Å². The average Bonchev–Trinajstić information content (AvgIpc) is 2.06. The quantitative estimate of drug-likeness (QED) is 0.617. The Balaban J connectivity index is 2.78. The molecule has 1 radical (unpaired) electrons. The van der Waals surface area contributed by atoms with E-state index in [1.54, 1.807) is 0 Å². The third-order valence-electron chi connectivity index (χ3n) is 1.43. The zero-order valence-corrected chi connectivity index (χ0v) is 8.55. The van der Waals surface area contributed by atoms with Gasteiger partial charge in [-0.1, -0.05) is 0 Å². The molecule has 0 saturated heterocycles. The number of rotatable bonds is 3. The van der Waals surface area contributed by atoms with Gasteiger partial charge in [-0.25, -0.2) is 0 Å². The standard InChI is InChI=1S/C9H10NOSe/c1-2-11-8-5-3-7(4-6-8)9(10)12/h3-6,10H,2H2,1H3. The Hall–Kier alpha value is -0.791. The summed E-state index contributed by atoms with van der Waals surface area (Å²) in [5, 5.41) is 7.31. The van der Waals surface area contributed by atoms with Crippen molar-refractivity contribution in [3.8, 4) is 5.75 Å². The Kier molecular flexibility index (Phi) is 3.32. The van der Waals surface area contributed by atoms with Gasteiger partial charge in [0, 0.05) is 0 Å². The number of ether oxygens (including phenoxy) is 1. The molecule has 0 spiro atoms. The molecule has 0 heterocycles. The van der Waals surface area contributed by atoms with Crippen LogP contribution < -0.4 is 4.74 Å². The first-order valence-electron chi connectivity index (χ1n) is 3.73. The summed E-state index contributed by atoms with van der Waals surface area (Å²) in [6, 6.07) is 7.46. The molecule has 0 amide bonds. The van der Waals surface area contributed by atoms with Crippen LogP contribution in [-0.2, 0) is 0 Å². The molecule has 12 heavy (non-hydrogen) atoms. The predicted octanol–water partition coefficient (Wildman–Crippen LogP) is 1.58. The fourth-order valence-corrected chi connectivity index (χ4v) is 1.15. The van der Waals surface area contributed by atoms with Crippen LogP contribution in [0.15, 0.2) is 24.3 Å². The van der Waals surface area contributed by atoms with Crippen LogP contribution in [0.3, 0.4) is 0 Å². The van der Waals surface area contributed by atoms with E-state index in [2.05, 4.69) is 16.0 Å². The third-order valence-corrected chi connectivity index (χ3v) is 1.92. The second kappa shape index (κ2) is 4.29. The molecule has 0 atom stereocenters. The molecule has 63 valence electrons. The Labute approximate surface area is 80.3 Å². The fraction of sp³-hybridized carbons (Fsp3) is 0.222. The van der Waals surface area contributed by atoms with Crippen molar-refractivity contribution in [1.82, 2.24) is 0 Å². The van der Waals surface area contributed by atoms with Crippen LogP contribution in [0.1, 0.15) is 12.5 Å². The SMILES string of the molecule is CCOc1ccc(C(=N)[Se])cc1. The van der Waals surface area contributed by atoms with Crippen LogP contribution in [0.2, 0.25) is 0 Å². The van der Waals surface area contributed by atoms with Crippen molar-refractivity contribution in [2.24, 2.45) is 0 Å². The van der Waals surface area contributed by atoms with Gasteiger partial charge < -0.3 is 0 Å². The second-order valence-electron chi connectivity index (χ2n) is 2.29. The number of hydrogen-bond acceptors (Lipinski definition) is 2. The number of nitrogens with one attached hydrogen (secondary N) is 1. The van der Waals surface area contributed by atoms with Gasteiger partial charge in [-0.05, 0) is 0 Å². The summed E-state index contributed by atoms with van der Waals surface area (Å²) in [5.41, 5.74) is 0.887. The summed E-state index contributed by atoms with van der Waals surface area (Å²) in [6.45, 7) is 2.62. The normalized spacial score (nSPS) is 9.42. The third kappa shape index (κ3) is 2.36. The molecule has 0 saturated carbocycles. The van der Waals surface area contributed by atoms with Gasteiger partial charge in [0.15, 0.2) is 0 Å². The van der Waals surface area contributed by atoms with Gasteiger partial charge in [-0.3, -0.25) is 0 Å². The molecule has 0 unspecified atom stereocenters. The molecule has 1 aromatic rings. The minimum atomic E-state index is 0.457. The van der Waals surface area contributed by atoms with Gasteiger partial charge in [0.1, 0.15) is 0 Å². The van der Waals surface area contributed by atoms with E-state index in [0.29, 0.717) is 11.2 Å². The molecule has 3 heteroatoms. The first kappa shape index (κ1) is 9.30. The van der Waals surface area contributed by atoms with Crippen LogP contribution in [-0.4, -0.2) is 27.2 Å². The molecule has 0 aliphatic heterocycles. The Morgan fingerprint density at radius 2 is 2.00 bits per heavy atom. The molecule has 2 nitrogen and oxygen atoms in total. The molecule has 0 aromatic heterocycles. The first-order valence-corrected chi connectivity index (χ1v) is 4.58. The van der Waals surface area contributed by atoms with Crippen LogP contribution in [0.4, 0.5) is 0 Å². The van der Waals surface area contributed by atoms with Gasteiger partial charge in [0.25, 0.3) is 0 Å². The van der Waals surface area contributed by atoms with Gasteiger partial charge in [-0.2, -0.15) is 0 Å². The molecular weight excluding hydrogens is 217 g/mol. The van der Waals surface area contributed by atoms with Gasteiger partial charge >= 0.3 is 79.9 Å². The van der Waals surface area contributed by atoms with E-state index < -0.39 is 0 Å². The van der Waals surface area contributed by atoms with Crippen LogP contribution in [0.25, 0.3) is 0 Å². The molecule has 0 aliphatic carbocycles. The van der Waals surface area contributed by atoms with E-state index in [0.717, 1.165) is 11.3 Å². The maximum absolute atomic E-state index is 7.31. The second-order valence-corrected chi connectivity index (χ2v) is 3.14. The van der Waals surface area contributed by atoms with Crippen LogP contribution in [0, 0.1) is 5.41 Å². The molecular formula is C9H10NOSe. The van der Waals surface area contributed by atoms with Crippen LogP contribution >= 0.6 is 0 Å². The van der Waals surface area contributed by atoms with E-state index >= 15 is 0 Å². The van der Waals surface area contributed by atoms with Crippen molar-refractivity contribution >= 4 is 20.6 Å². The zero-order valence-electron chi connectivity index (χ0n) is 6.83. The van der Waals surface area contributed by atoms with Gasteiger partial charge in [0.05, 0.1) is 0 Å². The van der Waals surface area contributed by atoms with E-state index in [-0.39, 0.29) is 0 Å². The van der Waals surface area contributed by atoms with E-state index in [1.165, 1.54) is 0 Å². The van der Waals surface area contributed by atoms with Crippen molar-refractivity contribution in [3.05, 3.63) is 29.8 Å². The number of hydrogen-bond donors (Lipinski definition) is 1. The summed E-state index contributed by atoms with van der Waals surface area (Å²) in [5.74, 6) is 0.850. The van der Waals surface area contributed by atoms with E-state index in [9.17, 15) is 0 Å². The van der Waals surface area contributed by atoms with Crippen molar-refractivity contribution in [3.63, 3.8) is 0 Å². The van der Waals surface area contributed by atoms with Crippen LogP contribution in [0.5, 0.6) is 5.75 Å². The monoisotopic (exact) mass is 228 g/mol. The van der Waals surface area contributed by atoms with Gasteiger partial charge in [-0.15, -0.1) is 0 Å². The van der Waals surface area contributed by atoms with Crippen molar-refractivity contribution in [1.29, 1.82) is 5.41 Å². The maximum atomic E-state index is 7.31. The molecule has 0 bridgehead atoms. The summed E-state index contributed by atoms with van der Waals surface area (Å²) in [4.78, 5) is 0. The zero-order chi connectivity index (χ0) is 8.97. The topological polar surface area (TPSA) is 33.1 Å². The summed E-state index contributed by atoms with van der Waals surface area (Å²) >= 11 is 2.65. The molecule has 1 aromatic carbocycles. The van der Waals surface area contributed by atoms with E-state index in [4.69, 9.17) is 10.1 Å². The predicted molar refractivity (Wildman–Crippen MR) is 50.2 cm³/mol. The Morgan fingerprint density at radius 3 is 2.42 bits per heavy atom. The summed E-state index contributed by atoms with van der Waals surface area (Å²) in [7, 11) is 0. The summed E-state index contributed by atoms with van der Waals surface area (Å²) in [6.07, 6.45) is 0. The fourth-order valence-electron chi connectivity index (χ4n) is 0.869. The Bertz CT molecular complexity index is 268. The van der Waals surface area contributed by atoms with E-state index in [1.807, 2.05) is 31.2 Å². The first-order chi connectivity index (χ1) is 5.74. The summed E-state index contributed by atoms with van der Waals surface area (Å²) < 4.78 is 5.72. The average molecular weight is 227 g/mol.